The molecule has 0 spiro atoms. The number of hydrogen-bond acceptors (Lipinski definition) is 5. The van der Waals surface area contributed by atoms with Crippen molar-refractivity contribution < 1.29 is 13.3 Å². The Hall–Kier alpha value is -2.47. The molecule has 0 aliphatic carbocycles. The molecule has 5 nitrogen and oxygen atoms in total. The van der Waals surface area contributed by atoms with Crippen LogP contribution in [0, 0.1) is 5.82 Å². The van der Waals surface area contributed by atoms with Gasteiger partial charge in [0.2, 0.25) is 11.7 Å². The largest absolute Gasteiger partial charge is 0.461 e. The highest BCUT2D eigenvalue weighted by molar-refractivity contribution is 5.44. The molecule has 0 N–H and O–H groups in total. The van der Waals surface area contributed by atoms with E-state index in [0.29, 0.717) is 17.5 Å². The van der Waals surface area contributed by atoms with Gasteiger partial charge in [-0.25, -0.2) is 4.39 Å². The molecule has 2 aromatic heterocycles. The molecule has 1 aliphatic rings. The molecule has 112 valence electrons. The normalized spacial score (nSPS) is 15.9. The van der Waals surface area contributed by atoms with Gasteiger partial charge in [0.15, 0.2) is 5.76 Å². The SMILES string of the molecule is Fc1ccc(CN2CC(c3nc(-c4ccco4)no3)C2)cc1. The zero-order valence-electron chi connectivity index (χ0n) is 11.8. The standard InChI is InChI=1S/C16H14FN3O2/c17-13-5-3-11(4-6-13)8-20-9-12(10-20)16-18-15(19-22-16)14-2-1-7-21-14/h1-7,12H,8-10H2. The van der Waals surface area contributed by atoms with Crippen LogP contribution in [0.3, 0.4) is 0 Å². The van der Waals surface area contributed by atoms with Gasteiger partial charge in [-0.2, -0.15) is 4.98 Å². The Kier molecular flexibility index (Phi) is 3.23. The van der Waals surface area contributed by atoms with Crippen LogP contribution in [0.25, 0.3) is 11.6 Å². The van der Waals surface area contributed by atoms with E-state index in [0.717, 1.165) is 25.2 Å². The van der Waals surface area contributed by atoms with Crippen LogP contribution in [0.2, 0.25) is 0 Å². The Morgan fingerprint density at radius 2 is 2.00 bits per heavy atom. The maximum Gasteiger partial charge on any atom is 0.238 e. The van der Waals surface area contributed by atoms with Crippen molar-refractivity contribution in [1.82, 2.24) is 15.0 Å². The highest BCUT2D eigenvalue weighted by atomic mass is 19.1. The van der Waals surface area contributed by atoms with Gasteiger partial charge in [-0.05, 0) is 29.8 Å². The van der Waals surface area contributed by atoms with Gasteiger partial charge >= 0.3 is 0 Å². The van der Waals surface area contributed by atoms with Gasteiger partial charge in [0.1, 0.15) is 5.82 Å². The van der Waals surface area contributed by atoms with Crippen molar-refractivity contribution in [2.45, 2.75) is 12.5 Å². The van der Waals surface area contributed by atoms with Crippen molar-refractivity contribution >= 4 is 0 Å². The fourth-order valence-electron chi connectivity index (χ4n) is 2.61. The molecule has 1 fully saturated rings. The molecular formula is C16H14FN3O2. The van der Waals surface area contributed by atoms with Crippen LogP contribution in [-0.2, 0) is 6.54 Å². The van der Waals surface area contributed by atoms with E-state index in [1.807, 2.05) is 12.1 Å². The van der Waals surface area contributed by atoms with Crippen molar-refractivity contribution in [3.8, 4) is 11.6 Å². The number of furan rings is 1. The molecule has 4 rings (SSSR count). The van der Waals surface area contributed by atoms with E-state index < -0.39 is 0 Å². The first-order valence-corrected chi connectivity index (χ1v) is 7.12. The van der Waals surface area contributed by atoms with Crippen molar-refractivity contribution in [3.05, 3.63) is 59.9 Å². The van der Waals surface area contributed by atoms with E-state index in [2.05, 4.69) is 15.0 Å². The molecule has 3 aromatic rings. The second-order valence-electron chi connectivity index (χ2n) is 5.45. The average molecular weight is 299 g/mol. The molecule has 0 amide bonds. The van der Waals surface area contributed by atoms with E-state index >= 15 is 0 Å². The zero-order valence-corrected chi connectivity index (χ0v) is 11.8. The molecule has 0 radical (unpaired) electrons. The van der Waals surface area contributed by atoms with Crippen molar-refractivity contribution in [1.29, 1.82) is 0 Å². The number of benzene rings is 1. The minimum absolute atomic E-state index is 0.207. The van der Waals surface area contributed by atoms with E-state index in [9.17, 15) is 4.39 Å². The minimum Gasteiger partial charge on any atom is -0.461 e. The predicted octanol–water partition coefficient (Wildman–Crippen LogP) is 3.07. The third-order valence-electron chi connectivity index (χ3n) is 3.81. The van der Waals surface area contributed by atoms with Gasteiger partial charge in [0, 0.05) is 19.6 Å². The second kappa shape index (κ2) is 5.38. The summed E-state index contributed by atoms with van der Waals surface area (Å²) < 4.78 is 23.4. The molecule has 1 aliphatic heterocycles. The van der Waals surface area contributed by atoms with Crippen molar-refractivity contribution in [2.24, 2.45) is 0 Å². The van der Waals surface area contributed by atoms with Crippen LogP contribution in [-0.4, -0.2) is 28.1 Å². The topological polar surface area (TPSA) is 55.3 Å². The van der Waals surface area contributed by atoms with E-state index in [4.69, 9.17) is 8.94 Å². The van der Waals surface area contributed by atoms with Crippen molar-refractivity contribution in [3.63, 3.8) is 0 Å². The summed E-state index contributed by atoms with van der Waals surface area (Å²) in [6.07, 6.45) is 1.58. The number of likely N-dealkylation sites (tertiary alicyclic amines) is 1. The molecule has 6 heteroatoms. The van der Waals surface area contributed by atoms with Crippen LogP contribution in [0.15, 0.2) is 51.6 Å². The van der Waals surface area contributed by atoms with Crippen molar-refractivity contribution in [2.75, 3.05) is 13.1 Å². The highest BCUT2D eigenvalue weighted by Crippen LogP contribution is 2.28. The van der Waals surface area contributed by atoms with Gasteiger partial charge in [0.25, 0.3) is 0 Å². The third-order valence-corrected chi connectivity index (χ3v) is 3.81. The summed E-state index contributed by atoms with van der Waals surface area (Å²) in [6, 6.07) is 10.2. The fraction of sp³-hybridized carbons (Fsp3) is 0.250. The molecule has 1 saturated heterocycles. The van der Waals surface area contributed by atoms with Gasteiger partial charge in [0.05, 0.1) is 12.2 Å². The summed E-state index contributed by atoms with van der Waals surface area (Å²) in [7, 11) is 0. The number of halogens is 1. The number of hydrogen-bond donors (Lipinski definition) is 0. The summed E-state index contributed by atoms with van der Waals surface area (Å²) in [5.41, 5.74) is 1.10. The van der Waals surface area contributed by atoms with Crippen LogP contribution >= 0.6 is 0 Å². The van der Waals surface area contributed by atoms with Crippen LogP contribution in [0.4, 0.5) is 4.39 Å². The summed E-state index contributed by atoms with van der Waals surface area (Å²) >= 11 is 0. The molecule has 1 aromatic carbocycles. The maximum absolute atomic E-state index is 12.9. The molecule has 22 heavy (non-hydrogen) atoms. The van der Waals surface area contributed by atoms with Gasteiger partial charge in [-0.1, -0.05) is 17.3 Å². The molecule has 0 bridgehead atoms. The Morgan fingerprint density at radius 1 is 1.18 bits per heavy atom. The maximum atomic E-state index is 12.9. The summed E-state index contributed by atoms with van der Waals surface area (Å²) in [5, 5.41) is 3.94. The Bertz CT molecular complexity index is 746. The molecule has 0 saturated carbocycles. The molecule has 3 heterocycles. The molecule has 0 unspecified atom stereocenters. The number of aromatic nitrogens is 2. The summed E-state index contributed by atoms with van der Waals surface area (Å²) in [6.45, 7) is 2.52. The highest BCUT2D eigenvalue weighted by Gasteiger charge is 2.32. The number of rotatable bonds is 4. The second-order valence-corrected chi connectivity index (χ2v) is 5.45. The molecule has 0 atom stereocenters. The Balaban J connectivity index is 1.36. The van der Waals surface area contributed by atoms with E-state index in [-0.39, 0.29) is 11.7 Å². The lowest BCUT2D eigenvalue weighted by Gasteiger charge is -2.37. The monoisotopic (exact) mass is 299 g/mol. The van der Waals surface area contributed by atoms with Gasteiger partial charge < -0.3 is 8.94 Å². The lowest BCUT2D eigenvalue weighted by Crippen LogP contribution is -2.44. The minimum atomic E-state index is -0.207. The van der Waals surface area contributed by atoms with Gasteiger partial charge in [-0.15, -0.1) is 0 Å². The lowest BCUT2D eigenvalue weighted by atomic mass is 9.99. The molecular weight excluding hydrogens is 285 g/mol. The van der Waals surface area contributed by atoms with E-state index in [1.54, 1.807) is 18.4 Å². The van der Waals surface area contributed by atoms with Crippen LogP contribution in [0.5, 0.6) is 0 Å². The first-order chi connectivity index (χ1) is 10.8. The van der Waals surface area contributed by atoms with Gasteiger partial charge in [-0.3, -0.25) is 4.90 Å². The third kappa shape index (κ3) is 2.53. The zero-order chi connectivity index (χ0) is 14.9. The fourth-order valence-corrected chi connectivity index (χ4v) is 2.61. The summed E-state index contributed by atoms with van der Waals surface area (Å²) in [5.74, 6) is 1.77. The predicted molar refractivity (Wildman–Crippen MR) is 76.4 cm³/mol. The van der Waals surface area contributed by atoms with E-state index in [1.165, 1.54) is 12.1 Å². The summed E-state index contributed by atoms with van der Waals surface area (Å²) in [4.78, 5) is 6.64. The smallest absolute Gasteiger partial charge is 0.238 e. The quantitative estimate of drug-likeness (QED) is 0.741. The average Bonchev–Trinajstić information content (AvgIpc) is 3.15. The van der Waals surface area contributed by atoms with Crippen LogP contribution in [0.1, 0.15) is 17.4 Å². The first-order valence-electron chi connectivity index (χ1n) is 7.12. The lowest BCUT2D eigenvalue weighted by molar-refractivity contribution is 0.117. The Morgan fingerprint density at radius 3 is 2.73 bits per heavy atom. The Labute approximate surface area is 126 Å². The van der Waals surface area contributed by atoms with Crippen LogP contribution < -0.4 is 0 Å². The number of nitrogens with zero attached hydrogens (tertiary/aromatic N) is 3. The first kappa shape index (κ1) is 13.2.